The molecule has 0 aromatic heterocycles. The minimum absolute atomic E-state index is 0.122. The third kappa shape index (κ3) is 5.29. The summed E-state index contributed by atoms with van der Waals surface area (Å²) in [5, 5.41) is 0. The monoisotopic (exact) mass is 252 g/mol. The van der Waals surface area contributed by atoms with Gasteiger partial charge in [0.1, 0.15) is 12.4 Å². The average molecular weight is 252 g/mol. The van der Waals surface area contributed by atoms with Crippen molar-refractivity contribution in [1.82, 2.24) is 0 Å². The Bertz CT molecular complexity index is 363. The summed E-state index contributed by atoms with van der Waals surface area (Å²) < 4.78 is 15.6. The molecule has 4 nitrogen and oxygen atoms in total. The summed E-state index contributed by atoms with van der Waals surface area (Å²) >= 11 is 0. The molecule has 0 amide bonds. The van der Waals surface area contributed by atoms with Crippen molar-refractivity contribution in [1.29, 1.82) is 0 Å². The van der Waals surface area contributed by atoms with Crippen LogP contribution in [0.4, 0.5) is 0 Å². The number of benzene rings is 1. The van der Waals surface area contributed by atoms with E-state index in [1.807, 2.05) is 19.1 Å². The first-order chi connectivity index (χ1) is 8.77. The lowest BCUT2D eigenvalue weighted by molar-refractivity contribution is 0.0544. The lowest BCUT2D eigenvalue weighted by atomic mass is 10.1. The van der Waals surface area contributed by atoms with Gasteiger partial charge in [-0.05, 0) is 12.1 Å². The van der Waals surface area contributed by atoms with E-state index in [0.29, 0.717) is 44.2 Å². The summed E-state index contributed by atoms with van der Waals surface area (Å²) in [6.45, 7) is 3.97. The zero-order valence-electron chi connectivity index (χ0n) is 11.0. The molecule has 18 heavy (non-hydrogen) atoms. The van der Waals surface area contributed by atoms with Gasteiger partial charge in [0, 0.05) is 19.1 Å². The third-order valence-corrected chi connectivity index (χ3v) is 2.41. The number of Topliss-reactive ketones (excluding diaryl/α,β-unsaturated/α-hetero) is 1. The Hall–Kier alpha value is -1.39. The SMILES string of the molecule is CCC(=O)c1cccc(OCCOCCOC)c1. The number of hydrogen-bond donors (Lipinski definition) is 0. The molecule has 0 fully saturated rings. The van der Waals surface area contributed by atoms with Crippen LogP contribution in [0.2, 0.25) is 0 Å². The summed E-state index contributed by atoms with van der Waals surface area (Å²) in [5.41, 5.74) is 0.690. The molecule has 0 N–H and O–H groups in total. The van der Waals surface area contributed by atoms with Crippen LogP contribution in [0.5, 0.6) is 5.75 Å². The predicted octanol–water partition coefficient (Wildman–Crippen LogP) is 2.32. The van der Waals surface area contributed by atoms with Gasteiger partial charge in [-0.15, -0.1) is 0 Å². The summed E-state index contributed by atoms with van der Waals surface area (Å²) in [4.78, 5) is 11.5. The van der Waals surface area contributed by atoms with Crippen molar-refractivity contribution < 1.29 is 19.0 Å². The lowest BCUT2D eigenvalue weighted by Gasteiger charge is -2.08. The maximum Gasteiger partial charge on any atom is 0.162 e. The molecular formula is C14H20O4. The van der Waals surface area contributed by atoms with Crippen molar-refractivity contribution in [3.05, 3.63) is 29.8 Å². The highest BCUT2D eigenvalue weighted by Crippen LogP contribution is 2.14. The number of hydrogen-bond acceptors (Lipinski definition) is 4. The largest absolute Gasteiger partial charge is 0.491 e. The first-order valence-electron chi connectivity index (χ1n) is 6.10. The highest BCUT2D eigenvalue weighted by Gasteiger charge is 2.03. The highest BCUT2D eigenvalue weighted by molar-refractivity contribution is 5.96. The van der Waals surface area contributed by atoms with Crippen molar-refractivity contribution >= 4 is 5.78 Å². The normalized spacial score (nSPS) is 10.3. The molecule has 0 saturated carbocycles. The second-order valence-corrected chi connectivity index (χ2v) is 3.76. The Morgan fingerprint density at radius 2 is 1.94 bits per heavy atom. The summed E-state index contributed by atoms with van der Waals surface area (Å²) in [6, 6.07) is 7.22. The molecule has 0 aliphatic rings. The molecule has 1 rings (SSSR count). The van der Waals surface area contributed by atoms with Crippen LogP contribution in [-0.2, 0) is 9.47 Å². The molecule has 0 saturated heterocycles. The minimum Gasteiger partial charge on any atom is -0.491 e. The Labute approximate surface area is 108 Å². The number of ether oxygens (including phenoxy) is 3. The quantitative estimate of drug-likeness (QED) is 0.500. The van der Waals surface area contributed by atoms with Crippen LogP contribution < -0.4 is 4.74 Å². The first kappa shape index (κ1) is 14.7. The van der Waals surface area contributed by atoms with Gasteiger partial charge >= 0.3 is 0 Å². The maximum atomic E-state index is 11.5. The molecule has 0 spiro atoms. The number of carbonyl (C=O) groups is 1. The molecule has 0 radical (unpaired) electrons. The second-order valence-electron chi connectivity index (χ2n) is 3.76. The number of methoxy groups -OCH3 is 1. The van der Waals surface area contributed by atoms with Crippen molar-refractivity contribution in [3.8, 4) is 5.75 Å². The summed E-state index contributed by atoms with van der Waals surface area (Å²) in [5.74, 6) is 0.821. The molecule has 0 aliphatic carbocycles. The molecule has 0 unspecified atom stereocenters. The predicted molar refractivity (Wildman–Crippen MR) is 69.3 cm³/mol. The second kappa shape index (κ2) is 8.66. The van der Waals surface area contributed by atoms with Crippen LogP contribution in [0.3, 0.4) is 0 Å². The van der Waals surface area contributed by atoms with Crippen LogP contribution in [0.15, 0.2) is 24.3 Å². The Morgan fingerprint density at radius 3 is 2.67 bits per heavy atom. The zero-order valence-corrected chi connectivity index (χ0v) is 11.0. The smallest absolute Gasteiger partial charge is 0.162 e. The van der Waals surface area contributed by atoms with Crippen LogP contribution in [-0.4, -0.2) is 39.3 Å². The van der Waals surface area contributed by atoms with Crippen LogP contribution in [0, 0.1) is 0 Å². The van der Waals surface area contributed by atoms with E-state index in [4.69, 9.17) is 14.2 Å². The molecule has 1 aromatic rings. The molecular weight excluding hydrogens is 232 g/mol. The van der Waals surface area contributed by atoms with E-state index in [9.17, 15) is 4.79 Å². The van der Waals surface area contributed by atoms with Gasteiger partial charge < -0.3 is 14.2 Å². The molecule has 0 heterocycles. The van der Waals surface area contributed by atoms with E-state index in [1.54, 1.807) is 19.2 Å². The van der Waals surface area contributed by atoms with Crippen LogP contribution in [0.25, 0.3) is 0 Å². The van der Waals surface area contributed by atoms with Gasteiger partial charge in [-0.1, -0.05) is 19.1 Å². The standard InChI is InChI=1S/C14H20O4/c1-3-14(15)12-5-4-6-13(11-12)18-10-9-17-8-7-16-2/h4-6,11H,3,7-10H2,1-2H3. The van der Waals surface area contributed by atoms with E-state index >= 15 is 0 Å². The van der Waals surface area contributed by atoms with Gasteiger partial charge in [-0.3, -0.25) is 4.79 Å². The number of carbonyl (C=O) groups excluding carboxylic acids is 1. The fourth-order valence-corrected chi connectivity index (χ4v) is 1.43. The Kier molecular flexibility index (Phi) is 7.06. The Balaban J connectivity index is 2.32. The fraction of sp³-hybridized carbons (Fsp3) is 0.500. The Morgan fingerprint density at radius 1 is 1.17 bits per heavy atom. The highest BCUT2D eigenvalue weighted by atomic mass is 16.5. The van der Waals surface area contributed by atoms with E-state index in [2.05, 4.69) is 0 Å². The van der Waals surface area contributed by atoms with Crippen molar-refractivity contribution in [2.24, 2.45) is 0 Å². The average Bonchev–Trinajstić information content (AvgIpc) is 2.42. The molecule has 0 aliphatic heterocycles. The molecule has 100 valence electrons. The van der Waals surface area contributed by atoms with Crippen molar-refractivity contribution in [3.63, 3.8) is 0 Å². The van der Waals surface area contributed by atoms with Gasteiger partial charge in [0.25, 0.3) is 0 Å². The van der Waals surface area contributed by atoms with Crippen molar-refractivity contribution in [2.75, 3.05) is 33.5 Å². The van der Waals surface area contributed by atoms with Gasteiger partial charge in [0.2, 0.25) is 0 Å². The van der Waals surface area contributed by atoms with E-state index in [-0.39, 0.29) is 5.78 Å². The zero-order chi connectivity index (χ0) is 13.2. The summed E-state index contributed by atoms with van der Waals surface area (Å²) in [7, 11) is 1.64. The first-order valence-corrected chi connectivity index (χ1v) is 6.10. The number of ketones is 1. The fourth-order valence-electron chi connectivity index (χ4n) is 1.43. The molecule has 1 aromatic carbocycles. The van der Waals surface area contributed by atoms with Gasteiger partial charge in [0.15, 0.2) is 5.78 Å². The van der Waals surface area contributed by atoms with E-state index < -0.39 is 0 Å². The van der Waals surface area contributed by atoms with E-state index in [1.165, 1.54) is 0 Å². The molecule has 4 heteroatoms. The third-order valence-electron chi connectivity index (χ3n) is 2.41. The maximum absolute atomic E-state index is 11.5. The van der Waals surface area contributed by atoms with E-state index in [0.717, 1.165) is 0 Å². The van der Waals surface area contributed by atoms with Crippen LogP contribution in [0.1, 0.15) is 23.7 Å². The topological polar surface area (TPSA) is 44.8 Å². The molecule has 0 atom stereocenters. The lowest BCUT2D eigenvalue weighted by Crippen LogP contribution is -2.10. The van der Waals surface area contributed by atoms with Gasteiger partial charge in [-0.2, -0.15) is 0 Å². The van der Waals surface area contributed by atoms with Gasteiger partial charge in [0.05, 0.1) is 19.8 Å². The minimum atomic E-state index is 0.122. The summed E-state index contributed by atoms with van der Waals surface area (Å²) in [6.07, 6.45) is 0.504. The van der Waals surface area contributed by atoms with Gasteiger partial charge in [-0.25, -0.2) is 0 Å². The molecule has 0 bridgehead atoms. The van der Waals surface area contributed by atoms with Crippen molar-refractivity contribution in [2.45, 2.75) is 13.3 Å². The number of rotatable bonds is 9. The van der Waals surface area contributed by atoms with Crippen LogP contribution >= 0.6 is 0 Å².